The van der Waals surface area contributed by atoms with E-state index >= 15 is 0 Å². The molecule has 0 heterocycles. The summed E-state index contributed by atoms with van der Waals surface area (Å²) in [6.45, 7) is 1.54. The fourth-order valence-corrected chi connectivity index (χ4v) is 23.5. The Morgan fingerprint density at radius 1 is 0.548 bits per heavy atom. The molecule has 0 aliphatic carbocycles. The van der Waals surface area contributed by atoms with E-state index in [4.69, 9.17) is 3.46 Å². The van der Waals surface area contributed by atoms with Gasteiger partial charge in [-0.1, -0.05) is 0 Å². The molecule has 0 amide bonds. The van der Waals surface area contributed by atoms with Gasteiger partial charge in [0.1, 0.15) is 0 Å². The molecule has 4 aromatic rings. The van der Waals surface area contributed by atoms with Crippen molar-refractivity contribution >= 4 is 39.4 Å². The van der Waals surface area contributed by atoms with Crippen LogP contribution in [0.15, 0.2) is 121 Å². The normalized spacial score (nSPS) is 11.4. The first kappa shape index (κ1) is 22.1. The number of benzene rings is 4. The molecule has 0 radical (unpaired) electrons. The predicted octanol–water partition coefficient (Wildman–Crippen LogP) is 5.18. The molecule has 0 atom stereocenters. The second-order valence-electron chi connectivity index (χ2n) is 6.58. The molecule has 0 aromatic heterocycles. The quantitative estimate of drug-likeness (QED) is 0.241. The third-order valence-corrected chi connectivity index (χ3v) is 21.9. The topological polar surface area (TPSA) is 26.3 Å². The third-order valence-electron chi connectivity index (χ3n) is 4.26. The number of hydrogen-bond donors (Lipinski definition) is 0. The summed E-state index contributed by atoms with van der Waals surface area (Å²) in [5, 5.41) is 5.02. The molecule has 0 spiro atoms. The molecular formula is C26H23O2P2Pd. The van der Waals surface area contributed by atoms with Gasteiger partial charge in [0.2, 0.25) is 0 Å². The van der Waals surface area contributed by atoms with Crippen LogP contribution in [0.2, 0.25) is 0 Å². The van der Waals surface area contributed by atoms with Gasteiger partial charge in [0.15, 0.2) is 0 Å². The number of rotatable bonds is 7. The summed E-state index contributed by atoms with van der Waals surface area (Å²) in [5.41, 5.74) is 0. The standard InChI is InChI=1S/2C12H10P.C2H4O2.Pd/c2*1-3-7-11(8-4-1)13-12-9-5-2-6-10-12;1-2(3)4;/h2*1-10H;1H3,(H,3,4);/q2*-1;;+3/p-1. The maximum atomic E-state index is 12.4. The number of carbonyl (C=O) groups excluding carboxylic acids is 1. The Bertz CT molecular complexity index is 931. The van der Waals surface area contributed by atoms with E-state index in [1.807, 2.05) is 24.3 Å². The van der Waals surface area contributed by atoms with Gasteiger partial charge in [0.05, 0.1) is 0 Å². The van der Waals surface area contributed by atoms with Crippen molar-refractivity contribution in [2.75, 3.05) is 0 Å². The van der Waals surface area contributed by atoms with E-state index < -0.39 is 28.4 Å². The minimum atomic E-state index is -1.85. The molecule has 0 N–H and O–H groups in total. The van der Waals surface area contributed by atoms with Gasteiger partial charge in [0.25, 0.3) is 0 Å². The van der Waals surface area contributed by atoms with Gasteiger partial charge in [-0.05, 0) is 0 Å². The van der Waals surface area contributed by atoms with Crippen LogP contribution < -0.4 is 21.2 Å². The van der Waals surface area contributed by atoms with E-state index in [0.29, 0.717) is 0 Å². The molecule has 4 rings (SSSR count). The van der Waals surface area contributed by atoms with Crippen LogP contribution in [0.25, 0.3) is 0 Å². The van der Waals surface area contributed by atoms with Crippen molar-refractivity contribution in [3.05, 3.63) is 121 Å². The van der Waals surface area contributed by atoms with Crippen LogP contribution in [0.4, 0.5) is 0 Å². The summed E-state index contributed by atoms with van der Waals surface area (Å²) in [5.74, 6) is -0.195. The Kier molecular flexibility index (Phi) is 7.80. The summed E-state index contributed by atoms with van der Waals surface area (Å²) < 4.78 is 6.33. The van der Waals surface area contributed by atoms with Gasteiger partial charge in [0, 0.05) is 0 Å². The molecule has 5 heteroatoms. The van der Waals surface area contributed by atoms with E-state index in [2.05, 4.69) is 97.1 Å². The van der Waals surface area contributed by atoms with Crippen LogP contribution in [0, 0.1) is 0 Å². The minimum absolute atomic E-state index is 0.195. The van der Waals surface area contributed by atoms with E-state index in [9.17, 15) is 4.79 Å². The van der Waals surface area contributed by atoms with Crippen molar-refractivity contribution in [2.45, 2.75) is 6.92 Å². The average molecular weight is 536 g/mol. The SMILES string of the molecule is CC(=O)[O][Pd]([P](c1ccccc1)c1ccccc1)[P](c1ccccc1)c1ccccc1. The Balaban J connectivity index is 1.93. The maximum absolute atomic E-state index is 12.4. The van der Waals surface area contributed by atoms with E-state index in [0.717, 1.165) is 0 Å². The van der Waals surface area contributed by atoms with Gasteiger partial charge in [-0.3, -0.25) is 0 Å². The van der Waals surface area contributed by atoms with Crippen LogP contribution in [0.3, 0.4) is 0 Å². The van der Waals surface area contributed by atoms with Crippen molar-refractivity contribution in [3.8, 4) is 0 Å². The Hall–Kier alpha value is -2.13. The average Bonchev–Trinajstić information content (AvgIpc) is 2.82. The van der Waals surface area contributed by atoms with Crippen molar-refractivity contribution in [2.24, 2.45) is 0 Å². The molecule has 0 bridgehead atoms. The first-order chi connectivity index (χ1) is 15.2. The van der Waals surface area contributed by atoms with Crippen LogP contribution in [0.1, 0.15) is 6.92 Å². The van der Waals surface area contributed by atoms with Crippen molar-refractivity contribution in [1.82, 2.24) is 0 Å². The summed E-state index contributed by atoms with van der Waals surface area (Å²) in [6.07, 6.45) is -1.66. The first-order valence-electron chi connectivity index (χ1n) is 9.86. The Labute approximate surface area is 191 Å². The zero-order chi connectivity index (χ0) is 21.5. The molecule has 0 aliphatic rings. The zero-order valence-corrected chi connectivity index (χ0v) is 20.4. The fourth-order valence-electron chi connectivity index (χ4n) is 2.98. The third kappa shape index (κ3) is 5.57. The summed E-state index contributed by atoms with van der Waals surface area (Å²) in [6, 6.07) is 42.2. The van der Waals surface area contributed by atoms with Crippen molar-refractivity contribution in [3.63, 3.8) is 0 Å². The number of hydrogen-bond acceptors (Lipinski definition) is 2. The molecule has 31 heavy (non-hydrogen) atoms. The van der Waals surface area contributed by atoms with Crippen molar-refractivity contribution in [1.29, 1.82) is 0 Å². The van der Waals surface area contributed by atoms with Crippen LogP contribution >= 0.6 is 12.2 Å². The Morgan fingerprint density at radius 3 is 1.03 bits per heavy atom. The van der Waals surface area contributed by atoms with E-state index in [-0.39, 0.29) is 5.97 Å². The molecule has 159 valence electrons. The summed E-state index contributed by atoms with van der Waals surface area (Å²) >= 11 is -1.85. The fraction of sp³-hybridized carbons (Fsp3) is 0.0385. The summed E-state index contributed by atoms with van der Waals surface area (Å²) in [7, 11) is 0. The first-order valence-corrected chi connectivity index (χ1v) is 17.0. The molecule has 2 nitrogen and oxygen atoms in total. The van der Waals surface area contributed by atoms with Gasteiger partial charge in [-0.25, -0.2) is 0 Å². The molecule has 0 fully saturated rings. The molecule has 0 saturated carbocycles. The molecule has 0 saturated heterocycles. The van der Waals surface area contributed by atoms with Crippen molar-refractivity contribution < 1.29 is 24.4 Å². The van der Waals surface area contributed by atoms with Crippen LogP contribution in [-0.2, 0) is 24.4 Å². The van der Waals surface area contributed by atoms with Gasteiger partial charge in [-0.2, -0.15) is 0 Å². The van der Waals surface area contributed by atoms with E-state index in [1.165, 1.54) is 21.2 Å². The van der Waals surface area contributed by atoms with E-state index in [1.54, 1.807) is 6.92 Å². The molecule has 0 unspecified atom stereocenters. The number of carbonyl (C=O) groups is 1. The second kappa shape index (κ2) is 11.0. The monoisotopic (exact) mass is 535 g/mol. The predicted molar refractivity (Wildman–Crippen MR) is 130 cm³/mol. The van der Waals surface area contributed by atoms with Crippen LogP contribution in [-0.4, -0.2) is 5.97 Å². The Morgan fingerprint density at radius 2 is 0.806 bits per heavy atom. The molecule has 4 aromatic carbocycles. The second-order valence-corrected chi connectivity index (χ2v) is 19.4. The van der Waals surface area contributed by atoms with Gasteiger partial charge in [-0.15, -0.1) is 0 Å². The summed E-state index contributed by atoms with van der Waals surface area (Å²) in [4.78, 5) is 12.4. The molecular weight excluding hydrogens is 513 g/mol. The zero-order valence-electron chi connectivity index (χ0n) is 17.1. The molecule has 0 aliphatic heterocycles. The van der Waals surface area contributed by atoms with Gasteiger partial charge < -0.3 is 0 Å². The van der Waals surface area contributed by atoms with Gasteiger partial charge >= 0.3 is 192 Å². The van der Waals surface area contributed by atoms with Crippen LogP contribution in [0.5, 0.6) is 0 Å².